The zero-order valence-corrected chi connectivity index (χ0v) is 19.6. The Labute approximate surface area is 189 Å². The van der Waals surface area contributed by atoms with Gasteiger partial charge in [-0.2, -0.15) is 0 Å². The number of amidine groups is 1. The number of rotatable bonds is 8. The number of sulfonamides is 1. The number of nitrogens with zero attached hydrogens (tertiary/aromatic N) is 4. The molecule has 4 rings (SSSR count). The molecule has 2 aliphatic carbocycles. The van der Waals surface area contributed by atoms with E-state index in [1.807, 2.05) is 19.3 Å². The minimum Gasteiger partial charge on any atom is -0.465 e. The Morgan fingerprint density at radius 1 is 1.31 bits per heavy atom. The van der Waals surface area contributed by atoms with Crippen molar-refractivity contribution < 1.29 is 13.2 Å². The lowest BCUT2D eigenvalue weighted by atomic mass is 9.72. The third kappa shape index (κ3) is 5.20. The summed E-state index contributed by atoms with van der Waals surface area (Å²) < 4.78 is 30.4. The van der Waals surface area contributed by atoms with Crippen LogP contribution in [0.25, 0.3) is 0 Å². The molecule has 1 aromatic rings. The average Bonchev–Trinajstić information content (AvgIpc) is 3.46. The number of aromatic nitrogens is 2. The molecule has 2 saturated carbocycles. The summed E-state index contributed by atoms with van der Waals surface area (Å²) in [5.41, 5.74) is 0.999. The van der Waals surface area contributed by atoms with Crippen LogP contribution in [-0.2, 0) is 14.8 Å². The first-order chi connectivity index (χ1) is 15.2. The van der Waals surface area contributed by atoms with Crippen molar-refractivity contribution in [2.45, 2.75) is 62.9 Å². The van der Waals surface area contributed by atoms with Gasteiger partial charge in [0.05, 0.1) is 19.2 Å². The highest BCUT2D eigenvalue weighted by Crippen LogP contribution is 2.42. The van der Waals surface area contributed by atoms with Crippen LogP contribution in [0.1, 0.15) is 56.9 Å². The summed E-state index contributed by atoms with van der Waals surface area (Å²) in [6.07, 6.45) is 11.6. The molecule has 0 amide bonds. The molecule has 0 bridgehead atoms. The van der Waals surface area contributed by atoms with Crippen LogP contribution in [-0.4, -0.2) is 77.5 Å². The fourth-order valence-electron chi connectivity index (χ4n) is 4.43. The summed E-state index contributed by atoms with van der Waals surface area (Å²) in [5, 5.41) is 19.0. The van der Waals surface area contributed by atoms with Crippen LogP contribution < -0.4 is 5.32 Å². The largest absolute Gasteiger partial charge is 0.465 e. The van der Waals surface area contributed by atoms with Gasteiger partial charge in [0, 0.05) is 37.1 Å². The summed E-state index contributed by atoms with van der Waals surface area (Å²) in [4.78, 5) is 10.5. The Balaban J connectivity index is 1.18. The maximum Gasteiger partial charge on any atom is 0.290 e. The van der Waals surface area contributed by atoms with E-state index in [-0.39, 0.29) is 17.6 Å². The SMILES string of the molecule is CC1(N(C=N)C(=N)OCC2CC(c3cnc(NC4CCN(S(C)(=O)=O)CC4)nc3)C2)CC1. The zero-order valence-electron chi connectivity index (χ0n) is 18.7. The van der Waals surface area contributed by atoms with E-state index in [9.17, 15) is 8.42 Å². The first kappa shape index (κ1) is 22.9. The van der Waals surface area contributed by atoms with Gasteiger partial charge in [0.25, 0.3) is 6.02 Å². The highest BCUT2D eigenvalue weighted by Gasteiger charge is 2.45. The summed E-state index contributed by atoms with van der Waals surface area (Å²) in [5.74, 6) is 1.39. The van der Waals surface area contributed by atoms with Crippen molar-refractivity contribution in [3.05, 3.63) is 18.0 Å². The highest BCUT2D eigenvalue weighted by molar-refractivity contribution is 7.88. The Morgan fingerprint density at radius 3 is 2.47 bits per heavy atom. The molecule has 0 atom stereocenters. The van der Waals surface area contributed by atoms with Gasteiger partial charge in [-0.25, -0.2) is 22.7 Å². The number of hydrogen-bond acceptors (Lipinski definition) is 8. The Kier molecular flexibility index (Phi) is 6.39. The lowest BCUT2D eigenvalue weighted by Crippen LogP contribution is -2.42. The highest BCUT2D eigenvalue weighted by atomic mass is 32.2. The van der Waals surface area contributed by atoms with E-state index in [1.54, 1.807) is 4.90 Å². The number of piperidine rings is 1. The fraction of sp³-hybridized carbons (Fsp3) is 0.714. The van der Waals surface area contributed by atoms with Crippen molar-refractivity contribution in [2.24, 2.45) is 5.92 Å². The first-order valence-electron chi connectivity index (χ1n) is 11.2. The Morgan fingerprint density at radius 2 is 1.94 bits per heavy atom. The number of hydrogen-bond donors (Lipinski definition) is 3. The van der Waals surface area contributed by atoms with Gasteiger partial charge < -0.3 is 10.1 Å². The van der Waals surface area contributed by atoms with Gasteiger partial charge in [-0.1, -0.05) is 0 Å². The van der Waals surface area contributed by atoms with Crippen molar-refractivity contribution in [3.8, 4) is 0 Å². The monoisotopic (exact) mass is 463 g/mol. The number of nitrogens with one attached hydrogen (secondary N) is 3. The van der Waals surface area contributed by atoms with E-state index in [0.717, 1.165) is 44.1 Å². The molecule has 0 aromatic carbocycles. The van der Waals surface area contributed by atoms with E-state index < -0.39 is 10.0 Å². The van der Waals surface area contributed by atoms with Crippen molar-refractivity contribution in [1.29, 1.82) is 10.8 Å². The van der Waals surface area contributed by atoms with Gasteiger partial charge in [0.15, 0.2) is 0 Å². The molecular formula is C21H33N7O3S. The molecule has 3 aliphatic rings. The molecule has 11 heteroatoms. The van der Waals surface area contributed by atoms with Crippen molar-refractivity contribution in [2.75, 3.05) is 31.3 Å². The second kappa shape index (κ2) is 8.93. The van der Waals surface area contributed by atoms with Gasteiger partial charge in [-0.05, 0) is 62.8 Å². The second-order valence-corrected chi connectivity index (χ2v) is 11.5. The summed E-state index contributed by atoms with van der Waals surface area (Å²) in [6.45, 7) is 3.59. The molecule has 0 radical (unpaired) electrons. The number of ether oxygens (including phenoxy) is 1. The predicted octanol–water partition coefficient (Wildman–Crippen LogP) is 2.22. The van der Waals surface area contributed by atoms with E-state index in [0.29, 0.717) is 37.5 Å². The molecule has 10 nitrogen and oxygen atoms in total. The van der Waals surface area contributed by atoms with Gasteiger partial charge in [-0.15, -0.1) is 0 Å². The normalized spacial score (nSPS) is 25.4. The molecule has 1 aliphatic heterocycles. The van der Waals surface area contributed by atoms with Gasteiger partial charge in [0.1, 0.15) is 0 Å². The summed E-state index contributed by atoms with van der Waals surface area (Å²) in [6, 6.07) is 0.252. The lowest BCUT2D eigenvalue weighted by molar-refractivity contribution is 0.131. The van der Waals surface area contributed by atoms with Crippen LogP contribution in [0.4, 0.5) is 5.95 Å². The molecule has 176 valence electrons. The second-order valence-electron chi connectivity index (χ2n) is 9.57. The lowest BCUT2D eigenvalue weighted by Gasteiger charge is -2.36. The third-order valence-corrected chi connectivity index (χ3v) is 8.30. The summed E-state index contributed by atoms with van der Waals surface area (Å²) in [7, 11) is -3.12. The minimum atomic E-state index is -3.12. The maximum atomic E-state index is 11.6. The van der Waals surface area contributed by atoms with Crippen LogP contribution in [0.5, 0.6) is 0 Å². The molecule has 1 saturated heterocycles. The van der Waals surface area contributed by atoms with Gasteiger partial charge in [-0.3, -0.25) is 15.7 Å². The van der Waals surface area contributed by atoms with E-state index in [4.69, 9.17) is 15.6 Å². The smallest absolute Gasteiger partial charge is 0.290 e. The maximum absolute atomic E-state index is 11.6. The van der Waals surface area contributed by atoms with Crippen molar-refractivity contribution in [1.82, 2.24) is 19.2 Å². The standard InChI is InChI=1S/C21H33N7O3S/c1-21(5-6-21)28(14-22)19(23)31-13-15-9-16(10-15)17-11-24-20(25-12-17)26-18-3-7-27(8-4-18)32(2,29)30/h11-12,14-16,18,22-23H,3-10,13H2,1-2H3,(H,24,25,26). The zero-order chi connectivity index (χ0) is 22.9. The van der Waals surface area contributed by atoms with Crippen molar-refractivity contribution in [3.63, 3.8) is 0 Å². The third-order valence-electron chi connectivity index (χ3n) is 6.99. The topological polar surface area (TPSA) is 135 Å². The Hall–Kier alpha value is -2.27. The first-order valence-corrected chi connectivity index (χ1v) is 13.1. The summed E-state index contributed by atoms with van der Waals surface area (Å²) >= 11 is 0. The number of anilines is 1. The average molecular weight is 464 g/mol. The fourth-order valence-corrected chi connectivity index (χ4v) is 5.30. The van der Waals surface area contributed by atoms with E-state index in [1.165, 1.54) is 16.9 Å². The molecule has 0 unspecified atom stereocenters. The molecule has 3 fully saturated rings. The molecule has 32 heavy (non-hydrogen) atoms. The van der Waals surface area contributed by atoms with Crippen LogP contribution in [0, 0.1) is 16.7 Å². The quantitative estimate of drug-likeness (QED) is 0.397. The van der Waals surface area contributed by atoms with Gasteiger partial charge in [0.2, 0.25) is 16.0 Å². The van der Waals surface area contributed by atoms with Gasteiger partial charge >= 0.3 is 0 Å². The molecule has 2 heterocycles. The molecule has 1 aromatic heterocycles. The predicted molar refractivity (Wildman–Crippen MR) is 122 cm³/mol. The molecule has 0 spiro atoms. The van der Waals surface area contributed by atoms with Crippen LogP contribution >= 0.6 is 0 Å². The Bertz CT molecular complexity index is 935. The minimum absolute atomic E-state index is 0.0737. The molecular weight excluding hydrogens is 430 g/mol. The van der Waals surface area contributed by atoms with Crippen molar-refractivity contribution >= 4 is 28.3 Å². The van der Waals surface area contributed by atoms with Crippen LogP contribution in [0.15, 0.2) is 12.4 Å². The van der Waals surface area contributed by atoms with Crippen LogP contribution in [0.2, 0.25) is 0 Å². The van der Waals surface area contributed by atoms with Crippen LogP contribution in [0.3, 0.4) is 0 Å². The van der Waals surface area contributed by atoms with E-state index in [2.05, 4.69) is 15.3 Å². The van der Waals surface area contributed by atoms with E-state index >= 15 is 0 Å². The molecule has 3 N–H and O–H groups in total.